The minimum absolute atomic E-state index is 0.0929. The van der Waals surface area contributed by atoms with Gasteiger partial charge in [-0.15, -0.1) is 0 Å². The van der Waals surface area contributed by atoms with Gasteiger partial charge in [-0.05, 0) is 18.1 Å². The number of hydrogen-bond donors (Lipinski definition) is 1. The first-order chi connectivity index (χ1) is 11.6. The van der Waals surface area contributed by atoms with Gasteiger partial charge in [0.2, 0.25) is 0 Å². The molecule has 1 aliphatic heterocycles. The first kappa shape index (κ1) is 16.4. The van der Waals surface area contributed by atoms with E-state index < -0.39 is 11.5 Å². The van der Waals surface area contributed by atoms with Crippen LogP contribution in [0.1, 0.15) is 37.3 Å². The molecule has 0 aliphatic carbocycles. The highest BCUT2D eigenvalue weighted by atomic mass is 16.3. The third kappa shape index (κ3) is 2.85. The predicted molar refractivity (Wildman–Crippen MR) is 92.5 cm³/mol. The average molecular weight is 323 g/mol. The third-order valence-electron chi connectivity index (χ3n) is 4.40. The van der Waals surface area contributed by atoms with E-state index in [1.807, 2.05) is 49.4 Å². The molecule has 0 saturated carbocycles. The predicted octanol–water partition coefficient (Wildman–Crippen LogP) is 3.18. The molecule has 2 aromatic carbocycles. The third-order valence-corrected chi connectivity index (χ3v) is 4.40. The van der Waals surface area contributed by atoms with Crippen LogP contribution >= 0.6 is 0 Å². The zero-order chi connectivity index (χ0) is 17.2. The van der Waals surface area contributed by atoms with E-state index in [1.165, 1.54) is 0 Å². The molecule has 0 bridgehead atoms. The van der Waals surface area contributed by atoms with Crippen LogP contribution in [0.3, 0.4) is 0 Å². The molecule has 1 aliphatic rings. The Morgan fingerprint density at radius 1 is 1.08 bits per heavy atom. The Labute approximate surface area is 141 Å². The molecule has 24 heavy (non-hydrogen) atoms. The van der Waals surface area contributed by atoms with E-state index in [0.29, 0.717) is 30.6 Å². The minimum atomic E-state index is -1.75. The number of carbonyl (C=O) groups is 2. The molecule has 0 radical (unpaired) electrons. The number of Topliss-reactive ketones (excluding diaryl/α,β-unsaturated/α-hetero) is 1. The van der Waals surface area contributed by atoms with E-state index >= 15 is 0 Å². The SMILES string of the molecule is CCCC(=O)CC1(O)C(=O)N(Cc2ccccc2)c2ccccc21. The monoisotopic (exact) mass is 323 g/mol. The Bertz CT molecular complexity index is 756. The fraction of sp³-hybridized carbons (Fsp3) is 0.300. The van der Waals surface area contributed by atoms with Crippen molar-refractivity contribution < 1.29 is 14.7 Å². The van der Waals surface area contributed by atoms with Gasteiger partial charge in [-0.2, -0.15) is 0 Å². The molecular weight excluding hydrogens is 302 g/mol. The van der Waals surface area contributed by atoms with Crippen LogP contribution in [0, 0.1) is 0 Å². The van der Waals surface area contributed by atoms with Crippen molar-refractivity contribution in [3.8, 4) is 0 Å². The lowest BCUT2D eigenvalue weighted by molar-refractivity contribution is -0.142. The second kappa shape index (κ2) is 6.57. The maximum Gasteiger partial charge on any atom is 0.264 e. The summed E-state index contributed by atoms with van der Waals surface area (Å²) in [7, 11) is 0. The number of anilines is 1. The standard InChI is InChI=1S/C20H21NO3/c1-2-8-16(22)13-20(24)17-11-6-7-12-18(17)21(19(20)23)14-15-9-4-3-5-10-15/h3-7,9-12,24H,2,8,13-14H2,1H3. The maximum atomic E-state index is 13.0. The van der Waals surface area contributed by atoms with Crippen molar-refractivity contribution in [3.63, 3.8) is 0 Å². The van der Waals surface area contributed by atoms with Gasteiger partial charge in [0.05, 0.1) is 12.2 Å². The normalized spacial score (nSPS) is 19.4. The van der Waals surface area contributed by atoms with E-state index in [1.54, 1.807) is 17.0 Å². The van der Waals surface area contributed by atoms with Crippen molar-refractivity contribution >= 4 is 17.4 Å². The highest BCUT2D eigenvalue weighted by Gasteiger charge is 2.50. The van der Waals surface area contributed by atoms with Crippen LogP contribution in [-0.4, -0.2) is 16.8 Å². The largest absolute Gasteiger partial charge is 0.375 e. The van der Waals surface area contributed by atoms with Gasteiger partial charge in [-0.1, -0.05) is 55.5 Å². The van der Waals surface area contributed by atoms with Crippen molar-refractivity contribution in [3.05, 3.63) is 65.7 Å². The second-order valence-electron chi connectivity index (χ2n) is 6.22. The summed E-state index contributed by atoms with van der Waals surface area (Å²) in [5.74, 6) is -0.512. The lowest BCUT2D eigenvalue weighted by Gasteiger charge is -2.22. The van der Waals surface area contributed by atoms with Crippen LogP contribution in [-0.2, 0) is 21.7 Å². The number of para-hydroxylation sites is 1. The van der Waals surface area contributed by atoms with Crippen LogP contribution in [0.4, 0.5) is 5.69 Å². The molecule has 0 aromatic heterocycles. The highest BCUT2D eigenvalue weighted by Crippen LogP contribution is 2.43. The van der Waals surface area contributed by atoms with Gasteiger partial charge in [0.25, 0.3) is 5.91 Å². The summed E-state index contributed by atoms with van der Waals surface area (Å²) in [6, 6.07) is 16.8. The Morgan fingerprint density at radius 2 is 1.75 bits per heavy atom. The lowest BCUT2D eigenvalue weighted by atomic mass is 9.89. The highest BCUT2D eigenvalue weighted by molar-refractivity contribution is 6.08. The second-order valence-corrected chi connectivity index (χ2v) is 6.22. The summed E-state index contributed by atoms with van der Waals surface area (Å²) >= 11 is 0. The molecule has 0 spiro atoms. The van der Waals surface area contributed by atoms with Crippen LogP contribution in [0.25, 0.3) is 0 Å². The summed E-state index contributed by atoms with van der Waals surface area (Å²) in [5, 5.41) is 11.0. The molecule has 1 heterocycles. The molecule has 0 fully saturated rings. The summed E-state index contributed by atoms with van der Waals surface area (Å²) in [6.45, 7) is 2.29. The fourth-order valence-corrected chi connectivity index (χ4v) is 3.25. The molecule has 124 valence electrons. The summed E-state index contributed by atoms with van der Waals surface area (Å²) in [6.07, 6.45) is 0.914. The van der Waals surface area contributed by atoms with E-state index in [9.17, 15) is 14.7 Å². The van der Waals surface area contributed by atoms with Crippen molar-refractivity contribution in [2.24, 2.45) is 0 Å². The van der Waals surface area contributed by atoms with Crippen LogP contribution in [0.2, 0.25) is 0 Å². The molecular formula is C20H21NO3. The van der Waals surface area contributed by atoms with Gasteiger partial charge in [0.1, 0.15) is 5.78 Å². The topological polar surface area (TPSA) is 57.6 Å². The number of ketones is 1. The Balaban J connectivity index is 1.96. The molecule has 1 atom stereocenters. The lowest BCUT2D eigenvalue weighted by Crippen LogP contribution is -2.41. The van der Waals surface area contributed by atoms with Crippen LogP contribution in [0.5, 0.6) is 0 Å². The van der Waals surface area contributed by atoms with Crippen LogP contribution in [0.15, 0.2) is 54.6 Å². The van der Waals surface area contributed by atoms with Crippen molar-refractivity contribution in [2.75, 3.05) is 4.90 Å². The van der Waals surface area contributed by atoms with Gasteiger partial charge in [0.15, 0.2) is 5.60 Å². The zero-order valence-electron chi connectivity index (χ0n) is 13.7. The Morgan fingerprint density at radius 3 is 2.46 bits per heavy atom. The zero-order valence-corrected chi connectivity index (χ0v) is 13.7. The first-order valence-corrected chi connectivity index (χ1v) is 8.25. The molecule has 1 N–H and O–H groups in total. The van der Waals surface area contributed by atoms with Crippen molar-refractivity contribution in [2.45, 2.75) is 38.3 Å². The Kier molecular flexibility index (Phi) is 4.49. The molecule has 2 aromatic rings. The van der Waals surface area contributed by atoms with Crippen molar-refractivity contribution in [1.29, 1.82) is 0 Å². The minimum Gasteiger partial charge on any atom is -0.375 e. The number of amides is 1. The van der Waals surface area contributed by atoms with Gasteiger partial charge in [-0.3, -0.25) is 9.59 Å². The molecule has 4 nitrogen and oxygen atoms in total. The first-order valence-electron chi connectivity index (χ1n) is 8.25. The number of hydrogen-bond acceptors (Lipinski definition) is 3. The number of carbonyl (C=O) groups excluding carboxylic acids is 2. The quantitative estimate of drug-likeness (QED) is 0.888. The fourth-order valence-electron chi connectivity index (χ4n) is 3.25. The van der Waals surface area contributed by atoms with E-state index in [0.717, 1.165) is 5.56 Å². The van der Waals surface area contributed by atoms with Gasteiger partial charge in [-0.25, -0.2) is 0 Å². The van der Waals surface area contributed by atoms with E-state index in [2.05, 4.69) is 0 Å². The van der Waals surface area contributed by atoms with Gasteiger partial charge in [0, 0.05) is 18.4 Å². The smallest absolute Gasteiger partial charge is 0.264 e. The van der Waals surface area contributed by atoms with Crippen molar-refractivity contribution in [1.82, 2.24) is 0 Å². The maximum absolute atomic E-state index is 13.0. The van der Waals surface area contributed by atoms with Crippen LogP contribution < -0.4 is 4.90 Å². The average Bonchev–Trinajstić information content (AvgIpc) is 2.78. The molecule has 4 heteroatoms. The van der Waals surface area contributed by atoms with E-state index in [4.69, 9.17) is 0 Å². The summed E-state index contributed by atoms with van der Waals surface area (Å²) < 4.78 is 0. The molecule has 0 saturated heterocycles. The molecule has 1 amide bonds. The van der Waals surface area contributed by atoms with Gasteiger partial charge >= 0.3 is 0 Å². The number of nitrogens with zero attached hydrogens (tertiary/aromatic N) is 1. The summed E-state index contributed by atoms with van der Waals surface area (Å²) in [5.41, 5.74) is 0.427. The number of benzene rings is 2. The molecule has 1 unspecified atom stereocenters. The summed E-state index contributed by atoms with van der Waals surface area (Å²) in [4.78, 5) is 26.6. The Hall–Kier alpha value is -2.46. The molecule has 3 rings (SSSR count). The number of fused-ring (bicyclic) bond motifs is 1. The van der Waals surface area contributed by atoms with Gasteiger partial charge < -0.3 is 10.0 Å². The number of aliphatic hydroxyl groups is 1. The number of rotatable bonds is 6. The van der Waals surface area contributed by atoms with E-state index in [-0.39, 0.29) is 12.2 Å².